The maximum absolute atomic E-state index is 11.9. The van der Waals surface area contributed by atoms with Crippen LogP contribution < -0.4 is 16.8 Å². The summed E-state index contributed by atoms with van der Waals surface area (Å²) in [6.07, 6.45) is 2.28. The summed E-state index contributed by atoms with van der Waals surface area (Å²) < 4.78 is 14.9. The van der Waals surface area contributed by atoms with E-state index >= 15 is 0 Å². The molecule has 0 heterocycles. The van der Waals surface area contributed by atoms with Crippen molar-refractivity contribution in [1.82, 2.24) is 5.32 Å². The van der Waals surface area contributed by atoms with Crippen molar-refractivity contribution in [2.24, 2.45) is 11.5 Å². The van der Waals surface area contributed by atoms with Gasteiger partial charge in [0, 0.05) is 6.04 Å². The fourth-order valence-corrected chi connectivity index (χ4v) is 2.15. The van der Waals surface area contributed by atoms with Gasteiger partial charge in [0.25, 0.3) is 0 Å². The SMILES string of the molecule is CSCC[C@@H](N)C(=O)NC(COP=O)(C(=O)O)C(C)N. The van der Waals surface area contributed by atoms with Crippen LogP contribution in [-0.2, 0) is 18.7 Å². The Morgan fingerprint density at radius 3 is 2.50 bits per heavy atom. The summed E-state index contributed by atoms with van der Waals surface area (Å²) in [6.45, 7) is 0.888. The van der Waals surface area contributed by atoms with Gasteiger partial charge in [-0.25, -0.2) is 9.36 Å². The van der Waals surface area contributed by atoms with Gasteiger partial charge in [-0.2, -0.15) is 11.8 Å². The number of aliphatic carboxylic acids is 1. The molecule has 0 aromatic heterocycles. The van der Waals surface area contributed by atoms with Crippen LogP contribution in [0.2, 0.25) is 0 Å². The van der Waals surface area contributed by atoms with E-state index in [9.17, 15) is 19.3 Å². The highest BCUT2D eigenvalue weighted by molar-refractivity contribution is 7.98. The molecule has 20 heavy (non-hydrogen) atoms. The van der Waals surface area contributed by atoms with Gasteiger partial charge in [0.2, 0.25) is 5.91 Å². The maximum atomic E-state index is 11.9. The predicted molar refractivity (Wildman–Crippen MR) is 76.7 cm³/mol. The number of nitrogens with one attached hydrogen (secondary N) is 1. The Morgan fingerprint density at radius 2 is 2.10 bits per heavy atom. The van der Waals surface area contributed by atoms with Crippen molar-refractivity contribution in [1.29, 1.82) is 0 Å². The molecule has 0 spiro atoms. The molecule has 0 aliphatic rings. The molecule has 0 saturated heterocycles. The summed E-state index contributed by atoms with van der Waals surface area (Å²) in [4.78, 5) is 23.4. The van der Waals surface area contributed by atoms with Gasteiger partial charge in [-0.05, 0) is 25.4 Å². The van der Waals surface area contributed by atoms with Gasteiger partial charge in [0.1, 0.15) is 0 Å². The van der Waals surface area contributed by atoms with Crippen LogP contribution in [0.3, 0.4) is 0 Å². The quantitative estimate of drug-likeness (QED) is 0.396. The van der Waals surface area contributed by atoms with E-state index in [0.29, 0.717) is 12.2 Å². The average Bonchev–Trinajstić information content (AvgIpc) is 2.39. The van der Waals surface area contributed by atoms with E-state index in [1.807, 2.05) is 6.26 Å². The number of amides is 1. The topological polar surface area (TPSA) is 145 Å². The lowest BCUT2D eigenvalue weighted by Gasteiger charge is -2.33. The second kappa shape index (κ2) is 9.25. The van der Waals surface area contributed by atoms with E-state index in [0.717, 1.165) is 0 Å². The molecular weight excluding hydrogens is 305 g/mol. The Hall–Kier alpha value is -0.730. The van der Waals surface area contributed by atoms with Crippen LogP contribution in [0.25, 0.3) is 0 Å². The van der Waals surface area contributed by atoms with Gasteiger partial charge in [0.05, 0.1) is 12.6 Å². The molecule has 10 heteroatoms. The second-order valence-electron chi connectivity index (χ2n) is 4.29. The molecule has 0 aromatic rings. The van der Waals surface area contributed by atoms with Crippen molar-refractivity contribution in [3.05, 3.63) is 0 Å². The number of thioether (sulfide) groups is 1. The molecule has 116 valence electrons. The van der Waals surface area contributed by atoms with Crippen molar-refractivity contribution < 1.29 is 23.8 Å². The fourth-order valence-electron chi connectivity index (χ4n) is 1.41. The molecule has 0 fully saturated rings. The highest BCUT2D eigenvalue weighted by atomic mass is 32.2. The van der Waals surface area contributed by atoms with Crippen LogP contribution >= 0.6 is 20.4 Å². The molecule has 0 bridgehead atoms. The smallest absolute Gasteiger partial charge is 0.333 e. The number of nitrogens with two attached hydrogens (primary N) is 2. The predicted octanol–water partition coefficient (Wildman–Crippen LogP) is -0.423. The Kier molecular flexibility index (Phi) is 8.91. The molecule has 0 aliphatic heterocycles. The van der Waals surface area contributed by atoms with Crippen LogP contribution in [0.5, 0.6) is 0 Å². The molecule has 0 aliphatic carbocycles. The minimum Gasteiger partial charge on any atom is -0.479 e. The molecule has 8 nitrogen and oxygen atoms in total. The van der Waals surface area contributed by atoms with Crippen molar-refractivity contribution in [2.75, 3.05) is 18.6 Å². The summed E-state index contributed by atoms with van der Waals surface area (Å²) in [5.74, 6) is -1.34. The summed E-state index contributed by atoms with van der Waals surface area (Å²) in [5, 5.41) is 11.6. The second-order valence-corrected chi connectivity index (χ2v) is 5.68. The molecule has 3 atom stereocenters. The molecule has 1 amide bonds. The van der Waals surface area contributed by atoms with Gasteiger partial charge in [-0.15, -0.1) is 0 Å². The van der Waals surface area contributed by atoms with Gasteiger partial charge < -0.3 is 21.9 Å². The first kappa shape index (κ1) is 19.3. The maximum Gasteiger partial charge on any atom is 0.333 e. The lowest BCUT2D eigenvalue weighted by atomic mass is 9.92. The lowest BCUT2D eigenvalue weighted by molar-refractivity contribution is -0.150. The number of rotatable bonds is 10. The summed E-state index contributed by atoms with van der Waals surface area (Å²) in [6, 6.07) is -1.80. The summed E-state index contributed by atoms with van der Waals surface area (Å²) in [5.41, 5.74) is 9.44. The van der Waals surface area contributed by atoms with E-state index in [1.54, 1.807) is 0 Å². The Balaban J connectivity index is 4.99. The molecule has 0 rings (SSSR count). The molecule has 0 saturated carbocycles. The van der Waals surface area contributed by atoms with Crippen molar-refractivity contribution in [3.8, 4) is 0 Å². The number of carbonyl (C=O) groups is 2. The Labute approximate surface area is 123 Å². The standard InChI is InChI=1S/C10H20N3O5PS/c1-6(11)10(9(15)16,5-18-19-17)13-8(14)7(12)3-4-20-2/h6-7H,3-5,11-12H2,1-2H3,(H,13,14)(H,15,16)/t6?,7-,10?/m1/s1. The first-order chi connectivity index (χ1) is 9.31. The van der Waals surface area contributed by atoms with Crippen LogP contribution in [0.4, 0.5) is 0 Å². The van der Waals surface area contributed by atoms with Gasteiger partial charge in [-0.1, -0.05) is 0 Å². The fraction of sp³-hybridized carbons (Fsp3) is 0.800. The van der Waals surface area contributed by atoms with Crippen LogP contribution in [-0.4, -0.2) is 53.2 Å². The summed E-state index contributed by atoms with van der Waals surface area (Å²) in [7, 11) is -0.694. The number of carboxylic acids is 1. The summed E-state index contributed by atoms with van der Waals surface area (Å²) >= 11 is 1.52. The third kappa shape index (κ3) is 5.34. The lowest BCUT2D eigenvalue weighted by Crippen LogP contribution is -2.68. The van der Waals surface area contributed by atoms with E-state index in [-0.39, 0.29) is 0 Å². The highest BCUT2D eigenvalue weighted by Gasteiger charge is 2.45. The molecule has 0 radical (unpaired) electrons. The number of carbonyl (C=O) groups excluding carboxylic acids is 1. The van der Waals surface area contributed by atoms with Crippen LogP contribution in [0.1, 0.15) is 13.3 Å². The molecule has 0 aromatic carbocycles. The Bertz CT molecular complexity index is 358. The van der Waals surface area contributed by atoms with E-state index in [1.165, 1.54) is 18.7 Å². The van der Waals surface area contributed by atoms with Gasteiger partial charge in [0.15, 0.2) is 5.54 Å². The largest absolute Gasteiger partial charge is 0.479 e. The third-order valence-corrected chi connectivity index (χ3v) is 3.70. The minimum atomic E-state index is -1.87. The average molecular weight is 325 g/mol. The zero-order valence-corrected chi connectivity index (χ0v) is 13.1. The van der Waals surface area contributed by atoms with E-state index in [4.69, 9.17) is 11.5 Å². The minimum absolute atomic E-state index is 0.405. The van der Waals surface area contributed by atoms with E-state index < -0.39 is 44.8 Å². The molecule has 6 N–H and O–H groups in total. The molecular formula is C10H20N3O5PS. The highest BCUT2D eigenvalue weighted by Crippen LogP contribution is 2.14. The first-order valence-corrected chi connectivity index (χ1v) is 7.94. The van der Waals surface area contributed by atoms with Crippen molar-refractivity contribution in [2.45, 2.75) is 31.0 Å². The normalized spacial score (nSPS) is 17.2. The Morgan fingerprint density at radius 1 is 1.50 bits per heavy atom. The van der Waals surface area contributed by atoms with Crippen LogP contribution in [0.15, 0.2) is 0 Å². The monoisotopic (exact) mass is 325 g/mol. The molecule has 2 unspecified atom stereocenters. The zero-order chi connectivity index (χ0) is 15.8. The third-order valence-electron chi connectivity index (χ3n) is 2.82. The van der Waals surface area contributed by atoms with E-state index in [2.05, 4.69) is 9.84 Å². The van der Waals surface area contributed by atoms with Crippen molar-refractivity contribution in [3.63, 3.8) is 0 Å². The van der Waals surface area contributed by atoms with Gasteiger partial charge in [-0.3, -0.25) is 9.32 Å². The number of hydrogen-bond acceptors (Lipinski definition) is 7. The first-order valence-electron chi connectivity index (χ1n) is 5.82. The van der Waals surface area contributed by atoms with Crippen LogP contribution in [0, 0.1) is 0 Å². The number of hydrogen-bond donors (Lipinski definition) is 4. The zero-order valence-electron chi connectivity index (χ0n) is 11.4. The van der Waals surface area contributed by atoms with Crippen molar-refractivity contribution >= 4 is 32.3 Å². The number of carboxylic acid groups (broad SMARTS) is 1. The van der Waals surface area contributed by atoms with Gasteiger partial charge >= 0.3 is 14.7 Å².